The minimum atomic E-state index is -0.567. The van der Waals surface area contributed by atoms with Crippen molar-refractivity contribution in [3.8, 4) is 11.5 Å². The molecule has 0 heterocycles. The second-order valence-corrected chi connectivity index (χ2v) is 4.50. The van der Waals surface area contributed by atoms with Crippen LogP contribution in [0.5, 0.6) is 11.5 Å². The zero-order chi connectivity index (χ0) is 14.4. The smallest absolute Gasteiger partial charge is 0.251 e. The number of carbonyl (C=O) groups is 1. The van der Waals surface area contributed by atoms with Gasteiger partial charge in [-0.05, 0) is 37.3 Å². The van der Waals surface area contributed by atoms with E-state index in [-0.39, 0.29) is 12.5 Å². The summed E-state index contributed by atoms with van der Waals surface area (Å²) in [7, 11) is 0. The quantitative estimate of drug-likeness (QED) is 0.878. The number of ether oxygens (including phenoxy) is 1. The topological polar surface area (TPSA) is 58.6 Å². The summed E-state index contributed by atoms with van der Waals surface area (Å²) in [6.45, 7) is 1.85. The fraction of sp³-hybridized carbons (Fsp3) is 0.188. The predicted molar refractivity (Wildman–Crippen MR) is 77.0 cm³/mol. The molecular weight excluding hydrogens is 254 g/mol. The maximum absolute atomic E-state index is 11.9. The molecular formula is C16H17NO3. The van der Waals surface area contributed by atoms with E-state index in [2.05, 4.69) is 5.32 Å². The van der Waals surface area contributed by atoms with E-state index < -0.39 is 6.10 Å². The van der Waals surface area contributed by atoms with Crippen LogP contribution in [-0.4, -0.2) is 23.7 Å². The number of aliphatic hydroxyl groups is 1. The summed E-state index contributed by atoms with van der Waals surface area (Å²) in [4.78, 5) is 11.9. The van der Waals surface area contributed by atoms with Gasteiger partial charge in [-0.25, -0.2) is 0 Å². The first-order chi connectivity index (χ1) is 9.65. The van der Waals surface area contributed by atoms with Gasteiger partial charge in [0.25, 0.3) is 5.91 Å². The molecule has 0 radical (unpaired) electrons. The monoisotopic (exact) mass is 271 g/mol. The van der Waals surface area contributed by atoms with Crippen LogP contribution in [0.2, 0.25) is 0 Å². The molecule has 2 rings (SSSR count). The number of hydrogen-bond donors (Lipinski definition) is 2. The van der Waals surface area contributed by atoms with Gasteiger partial charge in [-0.3, -0.25) is 4.79 Å². The van der Waals surface area contributed by atoms with Gasteiger partial charge in [0.05, 0.1) is 6.10 Å². The first-order valence-corrected chi connectivity index (χ1v) is 6.44. The molecule has 0 aromatic heterocycles. The Labute approximate surface area is 118 Å². The van der Waals surface area contributed by atoms with Gasteiger partial charge in [-0.2, -0.15) is 0 Å². The average molecular weight is 271 g/mol. The fourth-order valence-electron chi connectivity index (χ4n) is 1.67. The molecule has 0 aliphatic rings. The molecule has 20 heavy (non-hydrogen) atoms. The van der Waals surface area contributed by atoms with Crippen molar-refractivity contribution in [3.05, 3.63) is 60.2 Å². The van der Waals surface area contributed by atoms with Crippen LogP contribution in [-0.2, 0) is 0 Å². The Morgan fingerprint density at radius 2 is 1.85 bits per heavy atom. The molecule has 4 heteroatoms. The van der Waals surface area contributed by atoms with Crippen LogP contribution in [0.15, 0.2) is 54.6 Å². The maximum Gasteiger partial charge on any atom is 0.251 e. The largest absolute Gasteiger partial charge is 0.457 e. The van der Waals surface area contributed by atoms with E-state index >= 15 is 0 Å². The minimum absolute atomic E-state index is 0.225. The van der Waals surface area contributed by atoms with Crippen LogP contribution in [0, 0.1) is 0 Å². The van der Waals surface area contributed by atoms with Gasteiger partial charge in [0, 0.05) is 12.1 Å². The Morgan fingerprint density at radius 1 is 1.15 bits per heavy atom. The zero-order valence-corrected chi connectivity index (χ0v) is 11.2. The minimum Gasteiger partial charge on any atom is -0.457 e. The highest BCUT2D eigenvalue weighted by molar-refractivity contribution is 5.94. The van der Waals surface area contributed by atoms with E-state index in [1.54, 1.807) is 31.2 Å². The predicted octanol–water partition coefficient (Wildman–Crippen LogP) is 2.59. The van der Waals surface area contributed by atoms with Gasteiger partial charge in [0.15, 0.2) is 0 Å². The van der Waals surface area contributed by atoms with Crippen LogP contribution in [0.4, 0.5) is 0 Å². The first kappa shape index (κ1) is 14.1. The standard InChI is InChI=1S/C16H17NO3/c1-12(18)11-17-16(19)13-6-5-9-15(10-13)20-14-7-3-2-4-8-14/h2-10,12,18H,11H2,1H3,(H,17,19). The van der Waals surface area contributed by atoms with Gasteiger partial charge in [-0.1, -0.05) is 24.3 Å². The van der Waals surface area contributed by atoms with Crippen molar-refractivity contribution in [1.29, 1.82) is 0 Å². The van der Waals surface area contributed by atoms with E-state index in [1.165, 1.54) is 0 Å². The highest BCUT2D eigenvalue weighted by Gasteiger charge is 2.07. The number of aliphatic hydroxyl groups excluding tert-OH is 1. The number of rotatable bonds is 5. The van der Waals surface area contributed by atoms with Crippen LogP contribution >= 0.6 is 0 Å². The molecule has 2 N–H and O–H groups in total. The Hall–Kier alpha value is -2.33. The first-order valence-electron chi connectivity index (χ1n) is 6.44. The van der Waals surface area contributed by atoms with Crippen LogP contribution in [0.3, 0.4) is 0 Å². The number of nitrogens with one attached hydrogen (secondary N) is 1. The molecule has 0 fully saturated rings. The Kier molecular flexibility index (Phi) is 4.74. The molecule has 2 aromatic carbocycles. The highest BCUT2D eigenvalue weighted by Crippen LogP contribution is 2.21. The van der Waals surface area contributed by atoms with E-state index in [4.69, 9.17) is 9.84 Å². The molecule has 1 amide bonds. The Morgan fingerprint density at radius 3 is 2.55 bits per heavy atom. The van der Waals surface area contributed by atoms with Crippen LogP contribution in [0.1, 0.15) is 17.3 Å². The van der Waals surface area contributed by atoms with Crippen molar-refractivity contribution in [3.63, 3.8) is 0 Å². The summed E-state index contributed by atoms with van der Waals surface area (Å²) in [5.41, 5.74) is 0.499. The van der Waals surface area contributed by atoms with Crippen molar-refractivity contribution in [1.82, 2.24) is 5.32 Å². The number of para-hydroxylation sites is 1. The third-order valence-corrected chi connectivity index (χ3v) is 2.63. The third kappa shape index (κ3) is 4.10. The lowest BCUT2D eigenvalue weighted by Crippen LogP contribution is -2.30. The van der Waals surface area contributed by atoms with Crippen molar-refractivity contribution in [2.24, 2.45) is 0 Å². The lowest BCUT2D eigenvalue weighted by Gasteiger charge is -2.09. The van der Waals surface area contributed by atoms with Crippen LogP contribution < -0.4 is 10.1 Å². The number of hydrogen-bond acceptors (Lipinski definition) is 3. The highest BCUT2D eigenvalue weighted by atomic mass is 16.5. The molecule has 0 saturated heterocycles. The van der Waals surface area contributed by atoms with Crippen molar-refractivity contribution >= 4 is 5.91 Å². The SMILES string of the molecule is CC(O)CNC(=O)c1cccc(Oc2ccccc2)c1. The van der Waals surface area contributed by atoms with E-state index in [1.807, 2.05) is 30.3 Å². The molecule has 0 bridgehead atoms. The number of benzene rings is 2. The van der Waals surface area contributed by atoms with Gasteiger partial charge in [-0.15, -0.1) is 0 Å². The van der Waals surface area contributed by atoms with Crippen molar-refractivity contribution in [2.75, 3.05) is 6.54 Å². The molecule has 104 valence electrons. The summed E-state index contributed by atoms with van der Waals surface area (Å²) in [6, 6.07) is 16.3. The number of carbonyl (C=O) groups excluding carboxylic acids is 1. The number of amides is 1. The lowest BCUT2D eigenvalue weighted by atomic mass is 10.2. The van der Waals surface area contributed by atoms with Gasteiger partial charge >= 0.3 is 0 Å². The Bertz CT molecular complexity index is 567. The average Bonchev–Trinajstić information content (AvgIpc) is 2.46. The van der Waals surface area contributed by atoms with Gasteiger partial charge in [0.2, 0.25) is 0 Å². The van der Waals surface area contributed by atoms with Crippen molar-refractivity contribution < 1.29 is 14.6 Å². The molecule has 0 saturated carbocycles. The normalized spacial score (nSPS) is 11.7. The fourth-order valence-corrected chi connectivity index (χ4v) is 1.67. The lowest BCUT2D eigenvalue weighted by molar-refractivity contribution is 0.0923. The summed E-state index contributed by atoms with van der Waals surface area (Å²) >= 11 is 0. The maximum atomic E-state index is 11.9. The molecule has 0 aliphatic heterocycles. The summed E-state index contributed by atoms with van der Waals surface area (Å²) < 4.78 is 5.67. The molecule has 1 atom stereocenters. The molecule has 2 aromatic rings. The molecule has 4 nitrogen and oxygen atoms in total. The summed E-state index contributed by atoms with van der Waals surface area (Å²) in [5.74, 6) is 1.08. The van der Waals surface area contributed by atoms with E-state index in [0.717, 1.165) is 0 Å². The zero-order valence-electron chi connectivity index (χ0n) is 11.2. The molecule has 0 spiro atoms. The molecule has 1 unspecified atom stereocenters. The van der Waals surface area contributed by atoms with E-state index in [9.17, 15) is 4.79 Å². The summed E-state index contributed by atoms with van der Waals surface area (Å²) in [5, 5.41) is 11.8. The second-order valence-electron chi connectivity index (χ2n) is 4.50. The van der Waals surface area contributed by atoms with Crippen molar-refractivity contribution in [2.45, 2.75) is 13.0 Å². The van der Waals surface area contributed by atoms with E-state index in [0.29, 0.717) is 17.1 Å². The van der Waals surface area contributed by atoms with Gasteiger partial charge < -0.3 is 15.2 Å². The molecule has 0 aliphatic carbocycles. The summed E-state index contributed by atoms with van der Waals surface area (Å²) in [6.07, 6.45) is -0.567. The van der Waals surface area contributed by atoms with Gasteiger partial charge in [0.1, 0.15) is 11.5 Å². The second kappa shape index (κ2) is 6.73. The third-order valence-electron chi connectivity index (χ3n) is 2.63. The Balaban J connectivity index is 2.06. The van der Waals surface area contributed by atoms with Crippen LogP contribution in [0.25, 0.3) is 0 Å².